The molecular weight excluding hydrogens is 396 g/mol. The Morgan fingerprint density at radius 3 is 2.43 bits per heavy atom. The number of benzene rings is 1. The van der Waals surface area contributed by atoms with E-state index in [1.54, 1.807) is 14.1 Å². The minimum absolute atomic E-state index is 0.132. The topological polar surface area (TPSA) is 90.0 Å². The van der Waals surface area contributed by atoms with E-state index < -0.39 is 33.4 Å². The molecule has 7 nitrogen and oxygen atoms in total. The van der Waals surface area contributed by atoms with Crippen LogP contribution in [0.5, 0.6) is 11.5 Å². The second-order valence-corrected chi connectivity index (χ2v) is 9.27. The monoisotopic (exact) mass is 415 g/mol. The highest BCUT2D eigenvalue weighted by molar-refractivity contribution is 7.89. The zero-order valence-electron chi connectivity index (χ0n) is 15.5. The van der Waals surface area contributed by atoms with Crippen LogP contribution < -0.4 is 9.47 Å². The van der Waals surface area contributed by atoms with Crippen molar-refractivity contribution in [1.29, 1.82) is 0 Å². The van der Waals surface area contributed by atoms with Crippen molar-refractivity contribution in [3.8, 4) is 11.5 Å². The van der Waals surface area contributed by atoms with Gasteiger partial charge < -0.3 is 14.4 Å². The van der Waals surface area contributed by atoms with Crippen LogP contribution in [0.15, 0.2) is 23.9 Å². The van der Waals surface area contributed by atoms with Crippen molar-refractivity contribution >= 4 is 21.4 Å². The molecule has 1 aromatic rings. The van der Waals surface area contributed by atoms with Crippen molar-refractivity contribution in [3.63, 3.8) is 0 Å². The largest absolute Gasteiger partial charge is 0.586 e. The molecule has 1 aliphatic carbocycles. The van der Waals surface area contributed by atoms with Gasteiger partial charge in [-0.3, -0.25) is 9.59 Å². The maximum Gasteiger partial charge on any atom is 0.586 e. The summed E-state index contributed by atoms with van der Waals surface area (Å²) in [6.45, 7) is 0. The van der Waals surface area contributed by atoms with Crippen molar-refractivity contribution in [1.82, 2.24) is 4.90 Å². The molecular formula is C18H19F2NO6S. The summed E-state index contributed by atoms with van der Waals surface area (Å²) in [6, 6.07) is 2.28. The number of hydrogen-bond acceptors (Lipinski definition) is 7. The van der Waals surface area contributed by atoms with Crippen LogP contribution in [-0.4, -0.2) is 51.5 Å². The summed E-state index contributed by atoms with van der Waals surface area (Å²) in [4.78, 5) is 27.2. The molecule has 3 rings (SSSR count). The van der Waals surface area contributed by atoms with Crippen LogP contribution in [0.4, 0.5) is 8.78 Å². The molecule has 0 aromatic heterocycles. The molecule has 1 aliphatic heterocycles. The molecule has 1 saturated carbocycles. The first kappa shape index (κ1) is 20.2. The van der Waals surface area contributed by atoms with Crippen molar-refractivity contribution in [3.05, 3.63) is 35.0 Å². The number of carbonyl (C=O) groups is 2. The Balaban J connectivity index is 2.12. The maximum atomic E-state index is 13.5. The Kier molecular flexibility index (Phi) is 4.95. The molecule has 152 valence electrons. The molecule has 2 aliphatic rings. The minimum atomic E-state index is -3.97. The van der Waals surface area contributed by atoms with E-state index in [1.807, 2.05) is 0 Å². The lowest BCUT2D eigenvalue weighted by atomic mass is 9.94. The molecule has 0 unspecified atom stereocenters. The van der Waals surface area contributed by atoms with Crippen LogP contribution in [-0.2, 0) is 20.4 Å². The molecule has 1 aromatic carbocycles. The second-order valence-electron chi connectivity index (χ2n) is 7.13. The molecule has 1 heterocycles. The van der Waals surface area contributed by atoms with Gasteiger partial charge in [0, 0.05) is 43.6 Å². The Morgan fingerprint density at radius 2 is 1.89 bits per heavy atom. The Labute approximate surface area is 160 Å². The SMILES string of the molecule is CN(C)/C=C(/C(=O)c1ccc2c(c1CS(C)(=O)=O)OC(F)(F)O2)C(=O)C1CC1. The number of sulfone groups is 1. The molecule has 1 fully saturated rings. The van der Waals surface area contributed by atoms with Crippen LogP contribution in [0, 0.1) is 5.92 Å². The van der Waals surface area contributed by atoms with E-state index in [0.29, 0.717) is 12.8 Å². The highest BCUT2D eigenvalue weighted by atomic mass is 32.2. The third-order valence-electron chi connectivity index (χ3n) is 4.17. The maximum absolute atomic E-state index is 13.5. The summed E-state index contributed by atoms with van der Waals surface area (Å²) in [5.41, 5.74) is -0.573. The summed E-state index contributed by atoms with van der Waals surface area (Å²) >= 11 is 0. The standard InChI is InChI=1S/C18H19F2NO6S/c1-21(2)8-12(15(22)10-4-5-10)16(23)11-6-7-14-17(27-18(19,20)26-14)13(11)9-28(3,24)25/h6-8,10H,4-5,9H2,1-3H3/b12-8+. The summed E-state index contributed by atoms with van der Waals surface area (Å²) in [5, 5.41) is 0. The van der Waals surface area contributed by atoms with Gasteiger partial charge in [-0.05, 0) is 25.0 Å². The van der Waals surface area contributed by atoms with Gasteiger partial charge in [0.1, 0.15) is 0 Å². The van der Waals surface area contributed by atoms with Crippen LogP contribution in [0.3, 0.4) is 0 Å². The summed E-state index contributed by atoms with van der Waals surface area (Å²) in [7, 11) is -0.452. The zero-order chi connectivity index (χ0) is 20.9. The predicted molar refractivity (Wildman–Crippen MR) is 95.0 cm³/mol. The number of carbonyl (C=O) groups excluding carboxylic acids is 2. The highest BCUT2D eigenvalue weighted by Crippen LogP contribution is 2.45. The van der Waals surface area contributed by atoms with E-state index in [1.165, 1.54) is 17.2 Å². The van der Waals surface area contributed by atoms with Crippen LogP contribution in [0.2, 0.25) is 0 Å². The predicted octanol–water partition coefficient (Wildman–Crippen LogP) is 2.16. The number of rotatable bonds is 7. The van der Waals surface area contributed by atoms with Crippen molar-refractivity contribution in [2.24, 2.45) is 5.92 Å². The van der Waals surface area contributed by atoms with Crippen LogP contribution >= 0.6 is 0 Å². The van der Waals surface area contributed by atoms with Gasteiger partial charge in [0.15, 0.2) is 32.9 Å². The third-order valence-corrected chi connectivity index (χ3v) is 4.98. The molecule has 10 heteroatoms. The number of nitrogens with zero attached hydrogens (tertiary/aromatic N) is 1. The van der Waals surface area contributed by atoms with E-state index in [2.05, 4.69) is 9.47 Å². The average molecular weight is 415 g/mol. The second kappa shape index (κ2) is 6.84. The van der Waals surface area contributed by atoms with Gasteiger partial charge in [0.2, 0.25) is 0 Å². The van der Waals surface area contributed by atoms with Crippen molar-refractivity contribution < 1.29 is 36.3 Å². The quantitative estimate of drug-likeness (QED) is 0.292. The lowest BCUT2D eigenvalue weighted by Gasteiger charge is -2.14. The number of Topliss-reactive ketones (excluding diaryl/α,β-unsaturated/α-hetero) is 2. The molecule has 0 radical (unpaired) electrons. The molecule has 0 amide bonds. The Morgan fingerprint density at radius 1 is 1.25 bits per heavy atom. The first-order chi connectivity index (χ1) is 12.9. The highest BCUT2D eigenvalue weighted by Gasteiger charge is 2.46. The van der Waals surface area contributed by atoms with E-state index in [9.17, 15) is 26.8 Å². The summed E-state index contributed by atoms with van der Waals surface area (Å²) in [6.07, 6.45) is -0.379. The number of alkyl halides is 2. The van der Waals surface area contributed by atoms with Crippen molar-refractivity contribution in [2.75, 3.05) is 20.4 Å². The molecule has 0 atom stereocenters. The number of ketones is 2. The smallest absolute Gasteiger partial charge is 0.395 e. The zero-order valence-corrected chi connectivity index (χ0v) is 16.3. The van der Waals surface area contributed by atoms with E-state index in [-0.39, 0.29) is 34.2 Å². The van der Waals surface area contributed by atoms with Crippen LogP contribution in [0.25, 0.3) is 0 Å². The van der Waals surface area contributed by atoms with Crippen molar-refractivity contribution in [2.45, 2.75) is 24.9 Å². The fraction of sp³-hybridized carbons (Fsp3) is 0.444. The first-order valence-corrected chi connectivity index (χ1v) is 10.5. The van der Waals surface area contributed by atoms with Gasteiger partial charge in [0.25, 0.3) is 0 Å². The third kappa shape index (κ3) is 4.32. The molecule has 0 saturated heterocycles. The van der Waals surface area contributed by atoms with Gasteiger partial charge in [-0.2, -0.15) is 0 Å². The van der Waals surface area contributed by atoms with Gasteiger partial charge in [-0.25, -0.2) is 8.42 Å². The number of fused-ring (bicyclic) bond motifs is 1. The van der Waals surface area contributed by atoms with Gasteiger partial charge >= 0.3 is 6.29 Å². The van der Waals surface area contributed by atoms with Crippen LogP contribution in [0.1, 0.15) is 28.8 Å². The fourth-order valence-corrected chi connectivity index (χ4v) is 3.70. The lowest BCUT2D eigenvalue weighted by molar-refractivity contribution is -0.286. The van der Waals surface area contributed by atoms with Gasteiger partial charge in [0.05, 0.1) is 11.3 Å². The normalized spacial score (nSPS) is 18.1. The number of ether oxygens (including phenoxy) is 2. The lowest BCUT2D eigenvalue weighted by Crippen LogP contribution is -2.26. The first-order valence-electron chi connectivity index (χ1n) is 8.44. The number of hydrogen-bond donors (Lipinski definition) is 0. The molecule has 0 spiro atoms. The molecule has 0 N–H and O–H groups in total. The number of halogens is 2. The average Bonchev–Trinajstić information content (AvgIpc) is 3.33. The minimum Gasteiger partial charge on any atom is -0.395 e. The van der Waals surface area contributed by atoms with E-state index >= 15 is 0 Å². The molecule has 0 bridgehead atoms. The molecule has 28 heavy (non-hydrogen) atoms. The number of allylic oxidation sites excluding steroid dienone is 1. The van der Waals surface area contributed by atoms with Gasteiger partial charge in [-0.1, -0.05) is 0 Å². The Hall–Kier alpha value is -2.49. The summed E-state index contributed by atoms with van der Waals surface area (Å²) in [5.74, 6) is -2.95. The Bertz CT molecular complexity index is 980. The summed E-state index contributed by atoms with van der Waals surface area (Å²) < 4.78 is 59.5. The van der Waals surface area contributed by atoms with E-state index in [0.717, 1.165) is 12.3 Å². The van der Waals surface area contributed by atoms with Gasteiger partial charge in [-0.15, -0.1) is 8.78 Å². The van der Waals surface area contributed by atoms with E-state index in [4.69, 9.17) is 0 Å². The fourth-order valence-electron chi connectivity index (χ4n) is 2.89.